The van der Waals surface area contributed by atoms with Crippen LogP contribution in [0.25, 0.3) is 0 Å². The first kappa shape index (κ1) is 16.8. The summed E-state index contributed by atoms with van der Waals surface area (Å²) in [6.07, 6.45) is 6.32. The molecule has 2 fully saturated rings. The molecule has 0 aromatic heterocycles. The van der Waals surface area contributed by atoms with Gasteiger partial charge in [-0.2, -0.15) is 0 Å². The number of nitrogens with zero attached hydrogens (tertiary/aromatic N) is 1. The molecule has 0 unspecified atom stereocenters. The smallest absolute Gasteiger partial charge is 0.277 e. The zero-order valence-electron chi connectivity index (χ0n) is 15.5. The highest BCUT2D eigenvalue weighted by Gasteiger charge is 2.68. The zero-order chi connectivity index (χ0) is 18.5. The zero-order valence-corrected chi connectivity index (χ0v) is 15.5. The van der Waals surface area contributed by atoms with Gasteiger partial charge < -0.3 is 15.3 Å². The normalized spacial score (nSPS) is 30.1. The van der Waals surface area contributed by atoms with Crippen molar-refractivity contribution in [3.63, 3.8) is 0 Å². The van der Waals surface area contributed by atoms with Gasteiger partial charge in [-0.25, -0.2) is 0 Å². The lowest BCUT2D eigenvalue weighted by Crippen LogP contribution is -2.55. The molecule has 1 amide bonds. The predicted molar refractivity (Wildman–Crippen MR) is 105 cm³/mol. The first-order valence-electron chi connectivity index (χ1n) is 10.1. The van der Waals surface area contributed by atoms with E-state index >= 15 is 0 Å². The third-order valence-corrected chi connectivity index (χ3v) is 6.83. The van der Waals surface area contributed by atoms with Crippen LogP contribution in [0.1, 0.15) is 43.2 Å². The van der Waals surface area contributed by atoms with Gasteiger partial charge in [0, 0.05) is 18.3 Å². The SMILES string of the molecule is O=C1N(C2CCCCC2)C[C@@]2(Cc3ccccc3)c3ccccc3N[C@]12O. The second-order valence-corrected chi connectivity index (χ2v) is 8.35. The number of amides is 1. The predicted octanol–water partition coefficient (Wildman–Crippen LogP) is 3.46. The van der Waals surface area contributed by atoms with E-state index in [1.807, 2.05) is 41.3 Å². The number of likely N-dealkylation sites (tertiary alicyclic amines) is 1. The van der Waals surface area contributed by atoms with E-state index in [1.165, 1.54) is 19.3 Å². The van der Waals surface area contributed by atoms with E-state index in [2.05, 4.69) is 23.5 Å². The lowest BCUT2D eigenvalue weighted by molar-refractivity contribution is -0.144. The number of benzene rings is 2. The quantitative estimate of drug-likeness (QED) is 0.879. The van der Waals surface area contributed by atoms with Gasteiger partial charge in [0.2, 0.25) is 5.72 Å². The van der Waals surface area contributed by atoms with Crippen molar-refractivity contribution in [2.75, 3.05) is 11.9 Å². The van der Waals surface area contributed by atoms with E-state index in [4.69, 9.17) is 0 Å². The summed E-state index contributed by atoms with van der Waals surface area (Å²) >= 11 is 0. The summed E-state index contributed by atoms with van der Waals surface area (Å²) in [4.78, 5) is 15.5. The minimum atomic E-state index is -1.57. The molecule has 2 heterocycles. The molecule has 1 saturated carbocycles. The average Bonchev–Trinajstić information content (AvgIpc) is 3.08. The van der Waals surface area contributed by atoms with Crippen molar-refractivity contribution >= 4 is 11.6 Å². The molecule has 2 atom stereocenters. The molecule has 5 rings (SSSR count). The number of hydrogen-bond donors (Lipinski definition) is 2. The van der Waals surface area contributed by atoms with Crippen LogP contribution in [0.3, 0.4) is 0 Å². The maximum absolute atomic E-state index is 13.5. The molecule has 1 aliphatic carbocycles. The highest BCUT2D eigenvalue weighted by molar-refractivity contribution is 5.96. The molecule has 2 aromatic carbocycles. The summed E-state index contributed by atoms with van der Waals surface area (Å²) in [5, 5.41) is 14.9. The van der Waals surface area contributed by atoms with Crippen LogP contribution in [0.2, 0.25) is 0 Å². The van der Waals surface area contributed by atoms with Gasteiger partial charge in [-0.05, 0) is 36.5 Å². The Kier molecular flexibility index (Phi) is 3.80. The first-order valence-corrected chi connectivity index (χ1v) is 10.1. The van der Waals surface area contributed by atoms with E-state index in [9.17, 15) is 9.90 Å². The fourth-order valence-corrected chi connectivity index (χ4v) is 5.46. The summed E-state index contributed by atoms with van der Waals surface area (Å²) in [6, 6.07) is 18.5. The van der Waals surface area contributed by atoms with Crippen molar-refractivity contribution in [1.29, 1.82) is 0 Å². The van der Waals surface area contributed by atoms with Crippen LogP contribution in [0.5, 0.6) is 0 Å². The van der Waals surface area contributed by atoms with Crippen molar-refractivity contribution in [3.05, 3.63) is 65.7 Å². The molecule has 2 aromatic rings. The number of para-hydroxylation sites is 1. The molecule has 0 spiro atoms. The van der Waals surface area contributed by atoms with Crippen LogP contribution in [-0.4, -0.2) is 34.2 Å². The minimum absolute atomic E-state index is 0.151. The number of carbonyl (C=O) groups excluding carboxylic acids is 1. The van der Waals surface area contributed by atoms with Crippen LogP contribution in [0.4, 0.5) is 5.69 Å². The molecule has 4 nitrogen and oxygen atoms in total. The third kappa shape index (κ3) is 2.36. The van der Waals surface area contributed by atoms with Crippen molar-refractivity contribution in [2.24, 2.45) is 0 Å². The van der Waals surface area contributed by atoms with E-state index in [1.54, 1.807) is 0 Å². The summed E-state index contributed by atoms with van der Waals surface area (Å²) < 4.78 is 0. The molecular weight excluding hydrogens is 336 g/mol. The maximum atomic E-state index is 13.5. The highest BCUT2D eigenvalue weighted by Crippen LogP contribution is 2.54. The maximum Gasteiger partial charge on any atom is 0.277 e. The summed E-state index contributed by atoms with van der Waals surface area (Å²) in [6.45, 7) is 0.575. The molecule has 1 saturated heterocycles. The first-order chi connectivity index (χ1) is 13.1. The molecule has 27 heavy (non-hydrogen) atoms. The van der Waals surface area contributed by atoms with Crippen molar-refractivity contribution in [1.82, 2.24) is 4.90 Å². The Morgan fingerprint density at radius 3 is 2.48 bits per heavy atom. The van der Waals surface area contributed by atoms with Gasteiger partial charge in [-0.1, -0.05) is 67.8 Å². The summed E-state index contributed by atoms with van der Waals surface area (Å²) in [7, 11) is 0. The van der Waals surface area contributed by atoms with Gasteiger partial charge in [0.15, 0.2) is 0 Å². The lowest BCUT2D eigenvalue weighted by atomic mass is 9.72. The van der Waals surface area contributed by atoms with Crippen molar-refractivity contribution in [2.45, 2.75) is 55.7 Å². The van der Waals surface area contributed by atoms with E-state index in [-0.39, 0.29) is 11.9 Å². The molecule has 3 aliphatic rings. The van der Waals surface area contributed by atoms with E-state index in [0.717, 1.165) is 29.7 Å². The number of carbonyl (C=O) groups is 1. The Morgan fingerprint density at radius 2 is 1.70 bits per heavy atom. The number of anilines is 1. The van der Waals surface area contributed by atoms with Crippen LogP contribution < -0.4 is 5.32 Å². The minimum Gasteiger partial charge on any atom is -0.362 e. The molecule has 0 radical (unpaired) electrons. The topological polar surface area (TPSA) is 52.6 Å². The van der Waals surface area contributed by atoms with Gasteiger partial charge in [-0.15, -0.1) is 0 Å². The van der Waals surface area contributed by atoms with E-state index < -0.39 is 11.1 Å². The van der Waals surface area contributed by atoms with Crippen LogP contribution >= 0.6 is 0 Å². The van der Waals surface area contributed by atoms with Crippen LogP contribution in [0.15, 0.2) is 54.6 Å². The Balaban J connectivity index is 1.61. The molecule has 0 bridgehead atoms. The average molecular weight is 362 g/mol. The number of rotatable bonds is 3. The van der Waals surface area contributed by atoms with Gasteiger partial charge in [0.25, 0.3) is 5.91 Å². The molecule has 140 valence electrons. The van der Waals surface area contributed by atoms with E-state index in [0.29, 0.717) is 13.0 Å². The van der Waals surface area contributed by atoms with Crippen molar-refractivity contribution < 1.29 is 9.90 Å². The van der Waals surface area contributed by atoms with Crippen molar-refractivity contribution in [3.8, 4) is 0 Å². The largest absolute Gasteiger partial charge is 0.362 e. The molecule has 2 N–H and O–H groups in total. The fraction of sp³-hybridized carbons (Fsp3) is 0.435. The number of hydrogen-bond acceptors (Lipinski definition) is 3. The molecule has 2 aliphatic heterocycles. The molecular formula is C23H26N2O2. The van der Waals surface area contributed by atoms with Gasteiger partial charge in [0.1, 0.15) is 0 Å². The number of fused-ring (bicyclic) bond motifs is 3. The Bertz CT molecular complexity index is 862. The third-order valence-electron chi connectivity index (χ3n) is 6.83. The Morgan fingerprint density at radius 1 is 1.00 bits per heavy atom. The number of nitrogens with one attached hydrogen (secondary N) is 1. The molecule has 4 heteroatoms. The van der Waals surface area contributed by atoms with Gasteiger partial charge in [-0.3, -0.25) is 4.79 Å². The van der Waals surface area contributed by atoms with Crippen LogP contribution in [-0.2, 0) is 16.6 Å². The summed E-state index contributed by atoms with van der Waals surface area (Å²) in [5.74, 6) is -0.151. The second-order valence-electron chi connectivity index (χ2n) is 8.35. The standard InChI is InChI=1S/C23H26N2O2/c26-21-23(27)22(15-17-9-3-1-4-10-17,19-13-7-8-14-20(19)24-23)16-25(21)18-11-5-2-6-12-18/h1,3-4,7-10,13-14,18,24,27H,2,5-6,11-12,15-16H2/t22-,23-/m0/s1. The fourth-order valence-electron chi connectivity index (χ4n) is 5.46. The second kappa shape index (κ2) is 6.10. The lowest BCUT2D eigenvalue weighted by Gasteiger charge is -2.34. The number of aliphatic hydroxyl groups is 1. The van der Waals surface area contributed by atoms with Crippen LogP contribution in [0, 0.1) is 0 Å². The van der Waals surface area contributed by atoms with Gasteiger partial charge >= 0.3 is 0 Å². The monoisotopic (exact) mass is 362 g/mol. The van der Waals surface area contributed by atoms with Gasteiger partial charge in [0.05, 0.1) is 5.41 Å². The Labute approximate surface area is 160 Å². The summed E-state index contributed by atoms with van der Waals surface area (Å²) in [5.41, 5.74) is 0.868. The highest BCUT2D eigenvalue weighted by atomic mass is 16.3. The Hall–Kier alpha value is -2.33.